The first kappa shape index (κ1) is 20.9. The summed E-state index contributed by atoms with van der Waals surface area (Å²) in [5.74, 6) is 0.0749. The molecule has 1 saturated heterocycles. The van der Waals surface area contributed by atoms with Gasteiger partial charge >= 0.3 is 12.1 Å². The molecule has 6 rings (SSSR count). The van der Waals surface area contributed by atoms with E-state index in [1.54, 1.807) is 0 Å². The van der Waals surface area contributed by atoms with Gasteiger partial charge in [0, 0.05) is 29.9 Å². The van der Waals surface area contributed by atoms with E-state index < -0.39 is 0 Å². The average molecular weight is 454 g/mol. The summed E-state index contributed by atoms with van der Waals surface area (Å²) >= 11 is 0. The van der Waals surface area contributed by atoms with E-state index >= 15 is 0 Å². The van der Waals surface area contributed by atoms with Crippen LogP contribution in [0.25, 0.3) is 16.7 Å². The minimum atomic E-state index is -0.215. The molecule has 2 atom stereocenters. The van der Waals surface area contributed by atoms with Gasteiger partial charge in [0.05, 0.1) is 12.6 Å². The molecule has 2 bridgehead atoms. The zero-order valence-corrected chi connectivity index (χ0v) is 19.2. The van der Waals surface area contributed by atoms with Crippen molar-refractivity contribution >= 4 is 11.7 Å². The molecule has 0 spiro atoms. The van der Waals surface area contributed by atoms with Crippen LogP contribution in [-0.2, 0) is 4.74 Å². The molecule has 0 radical (unpaired) electrons. The fraction of sp³-hybridized carbons (Fsp3) is 0.321. The number of carbonyl (C=O) groups excluding carboxylic acids is 1. The number of amides is 1. The summed E-state index contributed by atoms with van der Waals surface area (Å²) in [4.78, 5) is 23.8. The minimum absolute atomic E-state index is 0.0518. The van der Waals surface area contributed by atoms with Crippen LogP contribution in [0.15, 0.2) is 67.0 Å². The van der Waals surface area contributed by atoms with E-state index in [0.29, 0.717) is 19.2 Å². The van der Waals surface area contributed by atoms with Gasteiger partial charge in [-0.1, -0.05) is 54.6 Å². The first-order valence-electron chi connectivity index (χ1n) is 12.0. The largest absolute Gasteiger partial charge is 0.464 e. The number of carbonyl (C=O) groups is 1. The van der Waals surface area contributed by atoms with Crippen LogP contribution >= 0.6 is 0 Å². The van der Waals surface area contributed by atoms with Crippen LogP contribution in [0.1, 0.15) is 48.8 Å². The van der Waals surface area contributed by atoms with Crippen molar-refractivity contribution in [3.63, 3.8) is 0 Å². The van der Waals surface area contributed by atoms with Crippen LogP contribution in [0.2, 0.25) is 0 Å². The average Bonchev–Trinajstić information content (AvgIpc) is 3.34. The van der Waals surface area contributed by atoms with Crippen molar-refractivity contribution in [2.75, 3.05) is 13.2 Å². The molecule has 1 amide bonds. The van der Waals surface area contributed by atoms with Crippen molar-refractivity contribution in [2.24, 2.45) is 0 Å². The Bertz CT molecular complexity index is 1210. The summed E-state index contributed by atoms with van der Waals surface area (Å²) in [5.41, 5.74) is 7.13. The van der Waals surface area contributed by atoms with Gasteiger partial charge in [-0.05, 0) is 54.0 Å². The second-order valence-electron chi connectivity index (χ2n) is 9.09. The third kappa shape index (κ3) is 3.54. The smallest absolute Gasteiger partial charge is 0.410 e. The van der Waals surface area contributed by atoms with Crippen LogP contribution < -0.4 is 4.74 Å². The molecule has 172 valence electrons. The van der Waals surface area contributed by atoms with Crippen molar-refractivity contribution < 1.29 is 14.3 Å². The van der Waals surface area contributed by atoms with Gasteiger partial charge in [0.15, 0.2) is 0 Å². The van der Waals surface area contributed by atoms with Gasteiger partial charge in [-0.25, -0.2) is 14.8 Å². The van der Waals surface area contributed by atoms with E-state index in [1.165, 1.54) is 27.8 Å². The lowest BCUT2D eigenvalue weighted by Gasteiger charge is -2.33. The monoisotopic (exact) mass is 453 g/mol. The molecule has 2 unspecified atom stereocenters. The van der Waals surface area contributed by atoms with Crippen LogP contribution in [0.3, 0.4) is 0 Å². The molecule has 2 aromatic carbocycles. The van der Waals surface area contributed by atoms with Crippen LogP contribution in [0.4, 0.5) is 4.79 Å². The molecular weight excluding hydrogens is 426 g/mol. The zero-order valence-electron chi connectivity index (χ0n) is 19.2. The number of ether oxygens (including phenoxy) is 2. The molecule has 1 aliphatic carbocycles. The topological polar surface area (TPSA) is 64.5 Å². The standard InChI is InChI=1S/C28H27N3O3/c1-2-33-27-29-15-19(16-30-27)18-13-20-11-12-21(14-18)31(20)28(32)34-17-26-24-9-5-3-7-22(24)23-8-4-6-10-25(23)26/h3-10,13,15-16,20-21,26H,2,11-12,14,17H2,1H3. The predicted octanol–water partition coefficient (Wildman–Crippen LogP) is 5.44. The summed E-state index contributed by atoms with van der Waals surface area (Å²) in [6.07, 6.45) is 8.32. The van der Waals surface area contributed by atoms with Gasteiger partial charge in [0.1, 0.15) is 6.61 Å². The lowest BCUT2D eigenvalue weighted by Crippen LogP contribution is -2.43. The van der Waals surface area contributed by atoms with Crippen molar-refractivity contribution in [3.05, 3.63) is 83.7 Å². The van der Waals surface area contributed by atoms with E-state index in [2.05, 4.69) is 64.6 Å². The van der Waals surface area contributed by atoms with E-state index in [-0.39, 0.29) is 24.1 Å². The summed E-state index contributed by atoms with van der Waals surface area (Å²) in [5, 5.41) is 0. The van der Waals surface area contributed by atoms with Gasteiger partial charge in [-0.3, -0.25) is 4.90 Å². The molecular formula is C28H27N3O3. The van der Waals surface area contributed by atoms with Crippen molar-refractivity contribution in [3.8, 4) is 17.1 Å². The van der Waals surface area contributed by atoms with Crippen LogP contribution in [0.5, 0.6) is 6.01 Å². The van der Waals surface area contributed by atoms with Gasteiger partial charge in [-0.2, -0.15) is 0 Å². The summed E-state index contributed by atoms with van der Waals surface area (Å²) < 4.78 is 11.3. The number of hydrogen-bond acceptors (Lipinski definition) is 5. The first-order chi connectivity index (χ1) is 16.7. The molecule has 3 heterocycles. The Hall–Kier alpha value is -3.67. The van der Waals surface area contributed by atoms with Gasteiger partial charge in [0.25, 0.3) is 0 Å². The Morgan fingerprint density at radius 1 is 1.00 bits per heavy atom. The Morgan fingerprint density at radius 2 is 1.68 bits per heavy atom. The summed E-state index contributed by atoms with van der Waals surface area (Å²) in [6, 6.07) is 17.4. The quantitative estimate of drug-likeness (QED) is 0.514. The fourth-order valence-corrected chi connectivity index (χ4v) is 5.68. The molecule has 6 nitrogen and oxygen atoms in total. The highest BCUT2D eigenvalue weighted by Gasteiger charge is 2.41. The van der Waals surface area contributed by atoms with Crippen LogP contribution in [-0.4, -0.2) is 46.3 Å². The highest BCUT2D eigenvalue weighted by Crippen LogP contribution is 2.45. The number of rotatable bonds is 5. The van der Waals surface area contributed by atoms with Crippen molar-refractivity contribution in [1.82, 2.24) is 14.9 Å². The molecule has 34 heavy (non-hydrogen) atoms. The van der Waals surface area contributed by atoms with E-state index in [4.69, 9.17) is 9.47 Å². The summed E-state index contributed by atoms with van der Waals surface area (Å²) in [7, 11) is 0. The number of fused-ring (bicyclic) bond motifs is 5. The Morgan fingerprint density at radius 3 is 2.32 bits per heavy atom. The number of benzene rings is 2. The van der Waals surface area contributed by atoms with E-state index in [1.807, 2.05) is 24.2 Å². The fourth-order valence-electron chi connectivity index (χ4n) is 5.68. The SMILES string of the molecule is CCOc1ncc(C2=CC3CCC(C2)N3C(=O)OCC2c3ccccc3-c3ccccc32)cn1. The van der Waals surface area contributed by atoms with Crippen molar-refractivity contribution in [2.45, 2.75) is 44.2 Å². The van der Waals surface area contributed by atoms with Crippen LogP contribution in [0, 0.1) is 0 Å². The molecule has 6 heteroatoms. The number of hydrogen-bond donors (Lipinski definition) is 0. The summed E-state index contributed by atoms with van der Waals surface area (Å²) in [6.45, 7) is 2.81. The first-order valence-corrected chi connectivity index (χ1v) is 12.0. The Balaban J connectivity index is 1.17. The van der Waals surface area contributed by atoms with Gasteiger partial charge in [-0.15, -0.1) is 0 Å². The Labute approximate surface area is 199 Å². The molecule has 1 fully saturated rings. The Kier molecular flexibility index (Phi) is 5.28. The third-order valence-corrected chi connectivity index (χ3v) is 7.21. The molecule has 0 saturated carbocycles. The number of aromatic nitrogens is 2. The second kappa shape index (κ2) is 8.60. The van der Waals surface area contributed by atoms with Gasteiger partial charge < -0.3 is 9.47 Å². The molecule has 3 aromatic rings. The highest BCUT2D eigenvalue weighted by molar-refractivity contribution is 5.79. The molecule has 1 aromatic heterocycles. The van der Waals surface area contributed by atoms with E-state index in [9.17, 15) is 4.79 Å². The maximum absolute atomic E-state index is 13.2. The molecule has 0 N–H and O–H groups in total. The second-order valence-corrected chi connectivity index (χ2v) is 9.09. The molecule has 2 aliphatic heterocycles. The van der Waals surface area contributed by atoms with Crippen molar-refractivity contribution in [1.29, 1.82) is 0 Å². The number of nitrogens with zero attached hydrogens (tertiary/aromatic N) is 3. The maximum atomic E-state index is 13.2. The predicted molar refractivity (Wildman–Crippen MR) is 130 cm³/mol. The van der Waals surface area contributed by atoms with E-state index in [0.717, 1.165) is 24.8 Å². The highest BCUT2D eigenvalue weighted by atomic mass is 16.6. The minimum Gasteiger partial charge on any atom is -0.464 e. The lowest BCUT2D eigenvalue weighted by atomic mass is 9.97. The molecule has 3 aliphatic rings. The third-order valence-electron chi connectivity index (χ3n) is 7.21. The lowest BCUT2D eigenvalue weighted by molar-refractivity contribution is 0.0866. The zero-order chi connectivity index (χ0) is 23.1. The maximum Gasteiger partial charge on any atom is 0.410 e. The van der Waals surface area contributed by atoms with Gasteiger partial charge in [0.2, 0.25) is 0 Å². The normalized spacial score (nSPS) is 20.5.